The number of aromatic nitrogens is 2. The zero-order chi connectivity index (χ0) is 19.4. The van der Waals surface area contributed by atoms with E-state index in [-0.39, 0.29) is 6.04 Å². The molecule has 0 unspecified atom stereocenters. The van der Waals surface area contributed by atoms with Gasteiger partial charge in [0.1, 0.15) is 12.1 Å². The summed E-state index contributed by atoms with van der Waals surface area (Å²) in [4.78, 5) is 8.51. The fraction of sp³-hybridized carbons (Fsp3) is 0.444. The molecule has 0 amide bonds. The third-order valence-corrected chi connectivity index (χ3v) is 5.91. The molecule has 0 aliphatic heterocycles. The van der Waals surface area contributed by atoms with Gasteiger partial charge in [-0.2, -0.15) is 12.7 Å². The largest absolute Gasteiger partial charge is 0.391 e. The van der Waals surface area contributed by atoms with Crippen LogP contribution in [0.25, 0.3) is 0 Å². The molecule has 27 heavy (non-hydrogen) atoms. The molecule has 3 atom stereocenters. The molecule has 1 aromatic heterocycles. The predicted molar refractivity (Wildman–Crippen MR) is 102 cm³/mol. The molecule has 0 radical (unpaired) electrons. The van der Waals surface area contributed by atoms with E-state index in [2.05, 4.69) is 27.4 Å². The fourth-order valence-corrected chi connectivity index (χ4v) is 3.98. The van der Waals surface area contributed by atoms with Crippen molar-refractivity contribution in [2.24, 2.45) is 0 Å². The van der Waals surface area contributed by atoms with Gasteiger partial charge in [-0.15, -0.1) is 0 Å². The number of benzene rings is 1. The molecule has 1 heterocycles. The molecule has 0 spiro atoms. The van der Waals surface area contributed by atoms with Gasteiger partial charge in [-0.05, 0) is 31.2 Å². The zero-order valence-corrected chi connectivity index (χ0v) is 15.9. The quantitative estimate of drug-likeness (QED) is 0.608. The highest BCUT2D eigenvalue weighted by Gasteiger charge is 2.39. The number of likely N-dealkylation sites (N-methyl/N-ethyl adjacent to an activating group) is 1. The molecule has 2 aromatic rings. The molecule has 1 saturated carbocycles. The minimum atomic E-state index is -4.34. The van der Waals surface area contributed by atoms with Gasteiger partial charge in [-0.25, -0.2) is 9.97 Å². The van der Waals surface area contributed by atoms with Crippen molar-refractivity contribution < 1.29 is 18.1 Å². The van der Waals surface area contributed by atoms with Crippen LogP contribution in [0.4, 0.5) is 5.82 Å². The third kappa shape index (κ3) is 5.23. The summed E-state index contributed by atoms with van der Waals surface area (Å²) in [5.41, 5.74) is 2.14. The van der Waals surface area contributed by atoms with Gasteiger partial charge >= 0.3 is 10.3 Å². The van der Waals surface area contributed by atoms with Crippen molar-refractivity contribution in [1.82, 2.24) is 14.3 Å². The van der Waals surface area contributed by atoms with E-state index in [0.29, 0.717) is 18.7 Å². The maximum absolute atomic E-state index is 11.3. The van der Waals surface area contributed by atoms with Crippen molar-refractivity contribution in [3.8, 4) is 0 Å². The van der Waals surface area contributed by atoms with Crippen molar-refractivity contribution in [2.45, 2.75) is 43.9 Å². The molecule has 3 rings (SSSR count). The molecule has 0 saturated heterocycles. The lowest BCUT2D eigenvalue weighted by Gasteiger charge is -2.23. The van der Waals surface area contributed by atoms with Crippen LogP contribution in [0.3, 0.4) is 0 Å². The van der Waals surface area contributed by atoms with Gasteiger partial charge in [0.15, 0.2) is 0 Å². The maximum atomic E-state index is 11.3. The first-order valence-corrected chi connectivity index (χ1v) is 10.2. The smallest absolute Gasteiger partial charge is 0.335 e. The van der Waals surface area contributed by atoms with Crippen molar-refractivity contribution in [3.63, 3.8) is 0 Å². The number of nitrogens with one attached hydrogen (secondary N) is 1. The SMILES string of the molecule is CN([C@H]1C[C@@H](Nc2cc(CCc3ccccc3)ncn2)C[C@@H]1O)S(=O)(=O)O. The molecule has 9 heteroatoms. The fourth-order valence-electron chi connectivity index (χ4n) is 3.41. The number of hydrogen-bond acceptors (Lipinski definition) is 6. The summed E-state index contributed by atoms with van der Waals surface area (Å²) in [6.07, 6.45) is 3.04. The standard InChI is InChI=1S/C18H24N4O4S/c1-22(27(24,25)26)16-9-15(10-17(16)23)21-18-11-14(19-12-20-18)8-7-13-5-3-2-4-6-13/h2-6,11-12,15-17,23H,7-10H2,1H3,(H,19,20,21)(H,24,25,26)/t15-,16+,17+/m1/s1. The van der Waals surface area contributed by atoms with Crippen LogP contribution in [-0.4, -0.2) is 57.6 Å². The van der Waals surface area contributed by atoms with E-state index < -0.39 is 22.4 Å². The van der Waals surface area contributed by atoms with Crippen LogP contribution in [0.1, 0.15) is 24.1 Å². The Morgan fingerprint density at radius 3 is 2.63 bits per heavy atom. The molecule has 0 bridgehead atoms. The minimum absolute atomic E-state index is 0.147. The minimum Gasteiger partial charge on any atom is -0.391 e. The highest BCUT2D eigenvalue weighted by Crippen LogP contribution is 2.27. The van der Waals surface area contributed by atoms with Gasteiger partial charge in [-0.3, -0.25) is 4.55 Å². The summed E-state index contributed by atoms with van der Waals surface area (Å²) in [5, 5.41) is 13.4. The normalized spacial score (nSPS) is 22.9. The monoisotopic (exact) mass is 392 g/mol. The number of hydrogen-bond donors (Lipinski definition) is 3. The molecular weight excluding hydrogens is 368 g/mol. The molecule has 3 N–H and O–H groups in total. The number of nitrogens with zero attached hydrogens (tertiary/aromatic N) is 3. The van der Waals surface area contributed by atoms with E-state index in [1.54, 1.807) is 0 Å². The van der Waals surface area contributed by atoms with Crippen LogP contribution in [0.2, 0.25) is 0 Å². The lowest BCUT2D eigenvalue weighted by molar-refractivity contribution is 0.118. The Morgan fingerprint density at radius 2 is 1.93 bits per heavy atom. The van der Waals surface area contributed by atoms with Crippen LogP contribution in [0.15, 0.2) is 42.7 Å². The highest BCUT2D eigenvalue weighted by atomic mass is 32.2. The maximum Gasteiger partial charge on any atom is 0.335 e. The van der Waals surface area contributed by atoms with Crippen molar-refractivity contribution in [1.29, 1.82) is 0 Å². The summed E-state index contributed by atoms with van der Waals surface area (Å²) in [7, 11) is -3.07. The summed E-state index contributed by atoms with van der Waals surface area (Å²) < 4.78 is 32.6. The number of anilines is 1. The van der Waals surface area contributed by atoms with E-state index in [1.807, 2.05) is 24.3 Å². The van der Waals surface area contributed by atoms with E-state index >= 15 is 0 Å². The average Bonchev–Trinajstić information content (AvgIpc) is 2.99. The van der Waals surface area contributed by atoms with Crippen molar-refractivity contribution >= 4 is 16.1 Å². The average molecular weight is 392 g/mol. The first kappa shape index (κ1) is 19.7. The topological polar surface area (TPSA) is 116 Å². The molecule has 1 aliphatic rings. The Labute approximate surface area is 159 Å². The van der Waals surface area contributed by atoms with E-state index in [1.165, 1.54) is 18.9 Å². The zero-order valence-electron chi connectivity index (χ0n) is 15.1. The number of rotatable bonds is 7. The second-order valence-electron chi connectivity index (χ2n) is 6.82. The molecule has 8 nitrogen and oxygen atoms in total. The van der Waals surface area contributed by atoms with Crippen LogP contribution in [0, 0.1) is 0 Å². The van der Waals surface area contributed by atoms with Gasteiger partial charge in [-0.1, -0.05) is 30.3 Å². The molecular formula is C18H24N4O4S. The van der Waals surface area contributed by atoms with Crippen LogP contribution >= 0.6 is 0 Å². The summed E-state index contributed by atoms with van der Waals surface area (Å²) in [6.45, 7) is 0. The summed E-state index contributed by atoms with van der Waals surface area (Å²) >= 11 is 0. The Kier molecular flexibility index (Phi) is 6.05. The Balaban J connectivity index is 1.60. The van der Waals surface area contributed by atoms with Gasteiger partial charge < -0.3 is 10.4 Å². The van der Waals surface area contributed by atoms with E-state index in [9.17, 15) is 18.1 Å². The predicted octanol–water partition coefficient (Wildman–Crippen LogP) is 1.30. The van der Waals surface area contributed by atoms with Gasteiger partial charge in [0, 0.05) is 24.8 Å². The second kappa shape index (κ2) is 8.30. The Morgan fingerprint density at radius 1 is 1.19 bits per heavy atom. The Hall–Kier alpha value is -2.07. The number of aliphatic hydroxyl groups is 1. The summed E-state index contributed by atoms with van der Waals surface area (Å²) in [6, 6.07) is 11.2. The first-order valence-electron chi connectivity index (χ1n) is 8.83. The molecule has 1 aliphatic carbocycles. The molecule has 1 fully saturated rings. The first-order chi connectivity index (χ1) is 12.8. The van der Waals surface area contributed by atoms with Crippen LogP contribution in [-0.2, 0) is 23.1 Å². The molecule has 146 valence electrons. The summed E-state index contributed by atoms with van der Waals surface area (Å²) in [5.74, 6) is 0.639. The van der Waals surface area contributed by atoms with Gasteiger partial charge in [0.05, 0.1) is 12.1 Å². The van der Waals surface area contributed by atoms with E-state index in [0.717, 1.165) is 22.8 Å². The van der Waals surface area contributed by atoms with Crippen LogP contribution < -0.4 is 5.32 Å². The van der Waals surface area contributed by atoms with Crippen molar-refractivity contribution in [3.05, 3.63) is 54.0 Å². The number of aliphatic hydroxyl groups excluding tert-OH is 1. The highest BCUT2D eigenvalue weighted by molar-refractivity contribution is 7.83. The lowest BCUT2D eigenvalue weighted by Crippen LogP contribution is -2.41. The molecule has 1 aromatic carbocycles. The lowest BCUT2D eigenvalue weighted by atomic mass is 10.1. The third-order valence-electron chi connectivity index (χ3n) is 4.92. The Bertz CT molecular complexity index is 863. The van der Waals surface area contributed by atoms with Gasteiger partial charge in [0.2, 0.25) is 0 Å². The van der Waals surface area contributed by atoms with Crippen molar-refractivity contribution in [2.75, 3.05) is 12.4 Å². The number of aryl methyl sites for hydroxylation is 2. The van der Waals surface area contributed by atoms with E-state index in [4.69, 9.17) is 0 Å². The van der Waals surface area contributed by atoms with Crippen LogP contribution in [0.5, 0.6) is 0 Å². The second-order valence-corrected chi connectivity index (χ2v) is 8.29. The van der Waals surface area contributed by atoms with Gasteiger partial charge in [0.25, 0.3) is 0 Å².